The third kappa shape index (κ3) is 5.71. The highest BCUT2D eigenvalue weighted by atomic mass is 32.2. The van der Waals surface area contributed by atoms with Gasteiger partial charge in [-0.1, -0.05) is 60.1 Å². The highest BCUT2D eigenvalue weighted by molar-refractivity contribution is 7.89. The van der Waals surface area contributed by atoms with E-state index in [0.717, 1.165) is 23.2 Å². The lowest BCUT2D eigenvalue weighted by Crippen LogP contribution is -2.41. The van der Waals surface area contributed by atoms with Gasteiger partial charge in [-0.3, -0.25) is 4.79 Å². The minimum Gasteiger partial charge on any atom is -0.355 e. The highest BCUT2D eigenvalue weighted by Crippen LogP contribution is 2.29. The summed E-state index contributed by atoms with van der Waals surface area (Å²) in [4.78, 5) is 12.8. The fourth-order valence-corrected chi connectivity index (χ4v) is 5.92. The maximum absolute atomic E-state index is 13.5. The largest absolute Gasteiger partial charge is 0.355 e. The van der Waals surface area contributed by atoms with E-state index >= 15 is 0 Å². The van der Waals surface area contributed by atoms with Crippen molar-refractivity contribution in [2.24, 2.45) is 5.92 Å². The Morgan fingerprint density at radius 3 is 2.34 bits per heavy atom. The van der Waals surface area contributed by atoms with Crippen LogP contribution in [0.15, 0.2) is 57.9 Å². The fourth-order valence-electron chi connectivity index (χ4n) is 4.20. The lowest BCUT2D eigenvalue weighted by atomic mass is 9.97. The third-order valence-corrected chi connectivity index (χ3v) is 8.45. The van der Waals surface area contributed by atoms with E-state index in [-0.39, 0.29) is 35.6 Å². The van der Waals surface area contributed by atoms with Crippen molar-refractivity contribution in [3.05, 3.63) is 76.7 Å². The first-order chi connectivity index (χ1) is 16.8. The molecule has 1 fully saturated rings. The van der Waals surface area contributed by atoms with E-state index in [1.807, 2.05) is 61.5 Å². The number of aromatic nitrogens is 1. The van der Waals surface area contributed by atoms with Crippen LogP contribution in [-0.4, -0.2) is 36.9 Å². The Hall–Kier alpha value is -3.23. The predicted octanol–water partition coefficient (Wildman–Crippen LogP) is 5.06. The van der Waals surface area contributed by atoms with E-state index in [4.69, 9.17) is 4.52 Å². The molecule has 0 spiro atoms. The van der Waals surface area contributed by atoms with Gasteiger partial charge in [-0.25, -0.2) is 8.42 Å². The van der Waals surface area contributed by atoms with Gasteiger partial charge in [0.1, 0.15) is 5.69 Å². The molecule has 1 aliphatic heterocycles. The third-order valence-electron chi connectivity index (χ3n) is 6.39. The van der Waals surface area contributed by atoms with Gasteiger partial charge in [0.2, 0.25) is 15.9 Å². The molecular formula is C27H31N3O4S. The van der Waals surface area contributed by atoms with Crippen molar-refractivity contribution in [3.8, 4) is 0 Å². The van der Waals surface area contributed by atoms with Gasteiger partial charge < -0.3 is 9.84 Å². The lowest BCUT2D eigenvalue weighted by Gasteiger charge is -2.30. The molecule has 0 unspecified atom stereocenters. The summed E-state index contributed by atoms with van der Waals surface area (Å²) in [5, 5.41) is 6.87. The number of sulfonamides is 1. The molecule has 1 amide bonds. The molecule has 1 N–H and O–H groups in total. The Morgan fingerprint density at radius 1 is 1.06 bits per heavy atom. The van der Waals surface area contributed by atoms with Crippen molar-refractivity contribution in [2.45, 2.75) is 44.9 Å². The number of aryl methyl sites for hydroxylation is 3. The van der Waals surface area contributed by atoms with Crippen LogP contribution in [0, 0.1) is 19.8 Å². The number of amides is 1. The molecular weight excluding hydrogens is 462 g/mol. The smallest absolute Gasteiger partial charge is 0.248 e. The van der Waals surface area contributed by atoms with Crippen LogP contribution < -0.4 is 5.32 Å². The number of carbonyl (C=O) groups is 1. The maximum atomic E-state index is 13.5. The molecule has 4 rings (SSSR count). The summed E-state index contributed by atoms with van der Waals surface area (Å²) in [5.74, 6) is -0.107. The Labute approximate surface area is 206 Å². The number of carbonyl (C=O) groups excluding carboxylic acids is 1. The van der Waals surface area contributed by atoms with Gasteiger partial charge >= 0.3 is 0 Å². The summed E-state index contributed by atoms with van der Waals surface area (Å²) in [6.07, 6.45) is 5.30. The predicted molar refractivity (Wildman–Crippen MR) is 137 cm³/mol. The Balaban J connectivity index is 1.42. The van der Waals surface area contributed by atoms with E-state index in [1.54, 1.807) is 13.0 Å². The highest BCUT2D eigenvalue weighted by Gasteiger charge is 2.35. The first-order valence-electron chi connectivity index (χ1n) is 11.9. The number of nitrogens with zero attached hydrogens (tertiary/aromatic N) is 2. The quantitative estimate of drug-likeness (QED) is 0.496. The molecule has 0 saturated carbocycles. The molecule has 0 bridgehead atoms. The van der Waals surface area contributed by atoms with Gasteiger partial charge in [-0.05, 0) is 62.4 Å². The van der Waals surface area contributed by atoms with E-state index in [9.17, 15) is 13.2 Å². The van der Waals surface area contributed by atoms with Crippen molar-refractivity contribution in [1.82, 2.24) is 9.46 Å². The van der Waals surface area contributed by atoms with Crippen LogP contribution in [0.4, 0.5) is 5.69 Å². The Kier molecular flexibility index (Phi) is 7.52. The molecule has 7 nitrogen and oxygen atoms in total. The topological polar surface area (TPSA) is 92.5 Å². The Morgan fingerprint density at radius 2 is 1.71 bits per heavy atom. The molecule has 2 heterocycles. The monoisotopic (exact) mass is 493 g/mol. The van der Waals surface area contributed by atoms with Gasteiger partial charge in [-0.15, -0.1) is 0 Å². The molecule has 8 heteroatoms. The zero-order valence-electron chi connectivity index (χ0n) is 20.3. The van der Waals surface area contributed by atoms with Crippen LogP contribution >= 0.6 is 0 Å². The molecule has 2 aromatic carbocycles. The van der Waals surface area contributed by atoms with Crippen LogP contribution in [0.5, 0.6) is 0 Å². The second-order valence-corrected chi connectivity index (χ2v) is 10.8. The van der Waals surface area contributed by atoms with Crippen molar-refractivity contribution < 1.29 is 17.7 Å². The van der Waals surface area contributed by atoms with Gasteiger partial charge in [0.15, 0.2) is 10.7 Å². The lowest BCUT2D eigenvalue weighted by molar-refractivity contribution is -0.120. The molecule has 1 aliphatic rings. The number of benzene rings is 2. The summed E-state index contributed by atoms with van der Waals surface area (Å²) in [5.41, 5.74) is 4.37. The van der Waals surface area contributed by atoms with Gasteiger partial charge in [0.05, 0.1) is 0 Å². The van der Waals surface area contributed by atoms with Crippen LogP contribution in [0.1, 0.15) is 47.9 Å². The molecule has 0 aliphatic carbocycles. The second kappa shape index (κ2) is 10.6. The number of piperidine rings is 1. The van der Waals surface area contributed by atoms with E-state index < -0.39 is 10.0 Å². The van der Waals surface area contributed by atoms with Crippen LogP contribution in [0.25, 0.3) is 12.2 Å². The summed E-state index contributed by atoms with van der Waals surface area (Å²) in [6, 6.07) is 15.7. The summed E-state index contributed by atoms with van der Waals surface area (Å²) in [7, 11) is -3.81. The average Bonchev–Trinajstić information content (AvgIpc) is 3.25. The van der Waals surface area contributed by atoms with Gasteiger partial charge in [0.25, 0.3) is 0 Å². The number of rotatable bonds is 7. The molecule has 35 heavy (non-hydrogen) atoms. The van der Waals surface area contributed by atoms with Crippen LogP contribution in [0.2, 0.25) is 0 Å². The standard InChI is InChI=1S/C27H31N3O4S/c1-4-21-9-12-24(13-10-21)28-27(31)23-15-17-30(18-16-23)35(32,33)26-20(3)29-34-25(26)14-11-22-7-5-19(2)6-8-22/h5-14,23H,4,15-18H2,1-3H3,(H,28,31)/b14-11+. The molecule has 0 radical (unpaired) electrons. The number of hydrogen-bond acceptors (Lipinski definition) is 5. The van der Waals surface area contributed by atoms with E-state index in [2.05, 4.69) is 17.4 Å². The zero-order valence-corrected chi connectivity index (χ0v) is 21.1. The SMILES string of the molecule is CCc1ccc(NC(=O)C2CCN(S(=O)(=O)c3c(C)noc3/C=C/c3ccc(C)cc3)CC2)cc1. The maximum Gasteiger partial charge on any atom is 0.248 e. The molecule has 1 saturated heterocycles. The van der Waals surface area contributed by atoms with E-state index in [0.29, 0.717) is 18.5 Å². The first kappa shape index (κ1) is 24.9. The van der Waals surface area contributed by atoms with Crippen molar-refractivity contribution in [3.63, 3.8) is 0 Å². The number of anilines is 1. The zero-order chi connectivity index (χ0) is 25.0. The second-order valence-electron chi connectivity index (χ2n) is 8.92. The van der Waals surface area contributed by atoms with Crippen molar-refractivity contribution >= 4 is 33.8 Å². The summed E-state index contributed by atoms with van der Waals surface area (Å²) >= 11 is 0. The fraction of sp³-hybridized carbons (Fsp3) is 0.333. The van der Waals surface area contributed by atoms with Crippen LogP contribution in [-0.2, 0) is 21.2 Å². The Bertz CT molecular complexity index is 1300. The van der Waals surface area contributed by atoms with Crippen molar-refractivity contribution in [2.75, 3.05) is 18.4 Å². The first-order valence-corrected chi connectivity index (χ1v) is 13.3. The van der Waals surface area contributed by atoms with Gasteiger partial charge in [-0.2, -0.15) is 4.31 Å². The minimum atomic E-state index is -3.81. The van der Waals surface area contributed by atoms with E-state index in [1.165, 1.54) is 9.87 Å². The molecule has 0 atom stereocenters. The van der Waals surface area contributed by atoms with Gasteiger partial charge in [0, 0.05) is 24.7 Å². The summed E-state index contributed by atoms with van der Waals surface area (Å²) < 4.78 is 33.7. The van der Waals surface area contributed by atoms with Crippen LogP contribution in [0.3, 0.4) is 0 Å². The van der Waals surface area contributed by atoms with Crippen molar-refractivity contribution in [1.29, 1.82) is 0 Å². The molecule has 3 aromatic rings. The number of hydrogen-bond donors (Lipinski definition) is 1. The molecule has 184 valence electrons. The summed E-state index contributed by atoms with van der Waals surface area (Å²) in [6.45, 7) is 6.25. The normalized spacial score (nSPS) is 15.5. The number of nitrogens with one attached hydrogen (secondary N) is 1. The minimum absolute atomic E-state index is 0.0748. The molecule has 1 aromatic heterocycles. The average molecular weight is 494 g/mol.